The van der Waals surface area contributed by atoms with E-state index in [1.54, 1.807) is 0 Å². The van der Waals surface area contributed by atoms with E-state index >= 15 is 0 Å². The summed E-state index contributed by atoms with van der Waals surface area (Å²) in [6, 6.07) is 0.292. The Hall–Kier alpha value is -0.320. The van der Waals surface area contributed by atoms with Gasteiger partial charge in [0.05, 0.1) is 0 Å². The van der Waals surface area contributed by atoms with Gasteiger partial charge in [-0.2, -0.15) is 0 Å². The molecule has 1 rings (SSSR count). The van der Waals surface area contributed by atoms with Crippen molar-refractivity contribution < 1.29 is 9.53 Å². The van der Waals surface area contributed by atoms with Crippen molar-refractivity contribution in [2.75, 3.05) is 32.8 Å². The maximum Gasteiger partial charge on any atom is 0.248 e. The summed E-state index contributed by atoms with van der Waals surface area (Å²) in [5.41, 5.74) is 0. The highest BCUT2D eigenvalue weighted by atomic mass is 35.5. The van der Waals surface area contributed by atoms with Crippen molar-refractivity contribution in [1.82, 2.24) is 10.2 Å². The Morgan fingerprint density at radius 1 is 1.47 bits per heavy atom. The number of rotatable bonds is 6. The molecular weight excluding hydrogens is 240 g/mol. The summed E-state index contributed by atoms with van der Waals surface area (Å²) in [6.07, 6.45) is 3.42. The molecule has 1 aliphatic rings. The second-order valence-corrected chi connectivity index (χ2v) is 4.40. The first-order valence-corrected chi connectivity index (χ1v) is 6.33. The van der Waals surface area contributed by atoms with E-state index in [4.69, 9.17) is 4.74 Å². The third kappa shape index (κ3) is 6.24. The summed E-state index contributed by atoms with van der Waals surface area (Å²) in [5, 5.41) is 3.27. The fourth-order valence-corrected chi connectivity index (χ4v) is 1.91. The fraction of sp³-hybridized carbons (Fsp3) is 0.917. The molecule has 0 aromatic heterocycles. The van der Waals surface area contributed by atoms with Crippen molar-refractivity contribution in [3.05, 3.63) is 0 Å². The summed E-state index contributed by atoms with van der Waals surface area (Å²) >= 11 is 0. The number of piperazine rings is 1. The fourth-order valence-electron chi connectivity index (χ4n) is 1.91. The molecule has 1 fully saturated rings. The number of halogens is 1. The van der Waals surface area contributed by atoms with Gasteiger partial charge >= 0.3 is 0 Å². The quantitative estimate of drug-likeness (QED) is 0.738. The molecule has 1 atom stereocenters. The molecular formula is C12H25ClN2O2. The van der Waals surface area contributed by atoms with E-state index in [0.717, 1.165) is 26.1 Å². The lowest BCUT2D eigenvalue weighted by Gasteiger charge is -2.33. The molecule has 0 bridgehead atoms. The summed E-state index contributed by atoms with van der Waals surface area (Å²) in [7, 11) is 0. The van der Waals surface area contributed by atoms with Gasteiger partial charge in [0.15, 0.2) is 0 Å². The molecule has 102 valence electrons. The lowest BCUT2D eigenvalue weighted by molar-refractivity contribution is -0.139. The number of nitrogens with zero attached hydrogens (tertiary/aromatic N) is 1. The first kappa shape index (κ1) is 16.7. The number of unbranched alkanes of at least 4 members (excludes halogenated alkanes) is 2. The number of carbonyl (C=O) groups excluding carboxylic acids is 1. The Kier molecular flexibility index (Phi) is 9.50. The number of hydrogen-bond acceptors (Lipinski definition) is 3. The average molecular weight is 265 g/mol. The molecule has 0 radical (unpaired) electrons. The van der Waals surface area contributed by atoms with Crippen molar-refractivity contribution in [1.29, 1.82) is 0 Å². The minimum Gasteiger partial charge on any atom is -0.372 e. The van der Waals surface area contributed by atoms with Crippen molar-refractivity contribution in [2.45, 2.75) is 39.2 Å². The molecule has 17 heavy (non-hydrogen) atoms. The summed E-state index contributed by atoms with van der Waals surface area (Å²) in [5.74, 6) is 0.130. The molecule has 0 aromatic carbocycles. The van der Waals surface area contributed by atoms with Crippen LogP contribution < -0.4 is 5.32 Å². The van der Waals surface area contributed by atoms with Crippen molar-refractivity contribution in [2.24, 2.45) is 0 Å². The smallest absolute Gasteiger partial charge is 0.248 e. The lowest BCUT2D eigenvalue weighted by atomic mass is 10.2. The van der Waals surface area contributed by atoms with Gasteiger partial charge in [-0.05, 0) is 13.3 Å². The van der Waals surface area contributed by atoms with E-state index in [9.17, 15) is 4.79 Å². The Balaban J connectivity index is 0.00000256. The Morgan fingerprint density at radius 2 is 2.24 bits per heavy atom. The maximum atomic E-state index is 11.8. The molecule has 4 nitrogen and oxygen atoms in total. The highest BCUT2D eigenvalue weighted by Crippen LogP contribution is 2.03. The van der Waals surface area contributed by atoms with Gasteiger partial charge in [0.2, 0.25) is 5.91 Å². The molecule has 1 unspecified atom stereocenters. The zero-order valence-electron chi connectivity index (χ0n) is 10.9. The van der Waals surface area contributed by atoms with E-state index in [0.29, 0.717) is 12.6 Å². The number of nitrogens with one attached hydrogen (secondary N) is 1. The van der Waals surface area contributed by atoms with Crippen LogP contribution in [0.4, 0.5) is 0 Å². The van der Waals surface area contributed by atoms with Crippen LogP contribution in [0.5, 0.6) is 0 Å². The molecule has 1 heterocycles. The van der Waals surface area contributed by atoms with Gasteiger partial charge in [-0.25, -0.2) is 0 Å². The molecule has 1 saturated heterocycles. The number of hydrogen-bond donors (Lipinski definition) is 1. The van der Waals surface area contributed by atoms with Crippen LogP contribution in [0.15, 0.2) is 0 Å². The van der Waals surface area contributed by atoms with Crippen molar-refractivity contribution >= 4 is 18.3 Å². The molecule has 1 amide bonds. The third-order valence-electron chi connectivity index (χ3n) is 2.94. The minimum absolute atomic E-state index is 0. The zero-order valence-corrected chi connectivity index (χ0v) is 11.7. The maximum absolute atomic E-state index is 11.8. The second kappa shape index (κ2) is 9.68. The normalized spacial score (nSPS) is 19.9. The minimum atomic E-state index is 0. The van der Waals surface area contributed by atoms with Gasteiger partial charge in [-0.3, -0.25) is 4.79 Å². The molecule has 0 aromatic rings. The Bertz CT molecular complexity index is 215. The highest BCUT2D eigenvalue weighted by Gasteiger charge is 2.22. The standard InChI is InChI=1S/C12H24N2O2.ClH/c1-3-4-5-8-16-10-12(15)14-7-6-13-9-11(14)2;/h11,13H,3-10H2,1-2H3;1H. The van der Waals surface area contributed by atoms with E-state index in [2.05, 4.69) is 19.2 Å². The van der Waals surface area contributed by atoms with Gasteiger partial charge < -0.3 is 15.0 Å². The third-order valence-corrected chi connectivity index (χ3v) is 2.94. The van der Waals surface area contributed by atoms with E-state index in [1.165, 1.54) is 12.8 Å². The van der Waals surface area contributed by atoms with E-state index < -0.39 is 0 Å². The van der Waals surface area contributed by atoms with Crippen LogP contribution in [-0.2, 0) is 9.53 Å². The molecule has 0 aliphatic carbocycles. The van der Waals surface area contributed by atoms with Crippen LogP contribution >= 0.6 is 12.4 Å². The van der Waals surface area contributed by atoms with E-state index in [-0.39, 0.29) is 24.9 Å². The van der Waals surface area contributed by atoms with Crippen LogP contribution in [0.2, 0.25) is 0 Å². The van der Waals surface area contributed by atoms with Gasteiger partial charge in [0.1, 0.15) is 6.61 Å². The van der Waals surface area contributed by atoms with Crippen LogP contribution in [0.3, 0.4) is 0 Å². The van der Waals surface area contributed by atoms with Crippen molar-refractivity contribution in [3.8, 4) is 0 Å². The topological polar surface area (TPSA) is 41.6 Å². The largest absolute Gasteiger partial charge is 0.372 e. The summed E-state index contributed by atoms with van der Waals surface area (Å²) in [6.45, 7) is 7.77. The average Bonchev–Trinajstić information content (AvgIpc) is 2.29. The molecule has 0 spiro atoms. The first-order chi connectivity index (χ1) is 7.75. The molecule has 1 aliphatic heterocycles. The summed E-state index contributed by atoms with van der Waals surface area (Å²) in [4.78, 5) is 13.7. The van der Waals surface area contributed by atoms with E-state index in [1.807, 2.05) is 4.90 Å². The van der Waals surface area contributed by atoms with Crippen LogP contribution in [0.25, 0.3) is 0 Å². The predicted molar refractivity (Wildman–Crippen MR) is 71.6 cm³/mol. The second-order valence-electron chi connectivity index (χ2n) is 4.40. The van der Waals surface area contributed by atoms with Crippen LogP contribution in [-0.4, -0.2) is 49.7 Å². The zero-order chi connectivity index (χ0) is 11.8. The SMILES string of the molecule is CCCCCOCC(=O)N1CCNCC1C.Cl. The Labute approximate surface area is 110 Å². The van der Waals surface area contributed by atoms with Crippen LogP contribution in [0.1, 0.15) is 33.1 Å². The van der Waals surface area contributed by atoms with Gasteiger partial charge in [-0.15, -0.1) is 12.4 Å². The van der Waals surface area contributed by atoms with Gasteiger partial charge in [-0.1, -0.05) is 19.8 Å². The van der Waals surface area contributed by atoms with Gasteiger partial charge in [0, 0.05) is 32.3 Å². The molecule has 5 heteroatoms. The monoisotopic (exact) mass is 264 g/mol. The first-order valence-electron chi connectivity index (χ1n) is 6.33. The summed E-state index contributed by atoms with van der Waals surface area (Å²) < 4.78 is 5.39. The van der Waals surface area contributed by atoms with Crippen molar-refractivity contribution in [3.63, 3.8) is 0 Å². The lowest BCUT2D eigenvalue weighted by Crippen LogP contribution is -2.53. The molecule has 1 N–H and O–H groups in total. The van der Waals surface area contributed by atoms with Crippen LogP contribution in [0, 0.1) is 0 Å². The highest BCUT2D eigenvalue weighted by molar-refractivity contribution is 5.85. The number of amides is 1. The Morgan fingerprint density at radius 3 is 2.88 bits per heavy atom. The number of ether oxygens (including phenoxy) is 1. The molecule has 0 saturated carbocycles. The van der Waals surface area contributed by atoms with Gasteiger partial charge in [0.25, 0.3) is 0 Å². The number of carbonyl (C=O) groups is 1. The predicted octanol–water partition coefficient (Wildman–Crippen LogP) is 1.44.